The van der Waals surface area contributed by atoms with E-state index >= 15 is 0 Å². The number of carbonyl (C=O) groups is 2. The maximum atomic E-state index is 13.3. The van der Waals surface area contributed by atoms with E-state index in [2.05, 4.69) is 0 Å². The second-order valence-corrected chi connectivity index (χ2v) is 4.52. The van der Waals surface area contributed by atoms with Gasteiger partial charge in [-0.3, -0.25) is 9.59 Å². The van der Waals surface area contributed by atoms with Crippen LogP contribution in [0.4, 0.5) is 4.39 Å². The Balaban J connectivity index is 2.31. The minimum absolute atomic E-state index is 0.0891. The summed E-state index contributed by atoms with van der Waals surface area (Å²) in [4.78, 5) is 23.3. The third-order valence-corrected chi connectivity index (χ3v) is 3.14. The van der Waals surface area contributed by atoms with E-state index in [4.69, 9.17) is 0 Å². The Morgan fingerprint density at radius 3 is 2.60 bits per heavy atom. The molecule has 98 valence electrons. The van der Waals surface area contributed by atoms with Gasteiger partial charge in [-0.15, -0.1) is 0 Å². The van der Waals surface area contributed by atoms with Gasteiger partial charge in [0.25, 0.3) is 0 Å². The van der Waals surface area contributed by atoms with Gasteiger partial charge < -0.3 is 5.11 Å². The quantitative estimate of drug-likeness (QED) is 0.809. The molecule has 0 saturated carbocycles. The lowest BCUT2D eigenvalue weighted by Gasteiger charge is -2.11. The minimum atomic E-state index is -0.436. The third kappa shape index (κ3) is 2.01. The molecule has 3 rings (SSSR count). The van der Waals surface area contributed by atoms with Crippen molar-refractivity contribution in [1.29, 1.82) is 0 Å². The molecule has 1 aliphatic rings. The summed E-state index contributed by atoms with van der Waals surface area (Å²) < 4.78 is 13.3. The average Bonchev–Trinajstić information content (AvgIpc) is 2.40. The number of halogens is 1. The van der Waals surface area contributed by atoms with E-state index in [9.17, 15) is 19.1 Å². The minimum Gasteiger partial charge on any atom is -0.508 e. The molecule has 0 spiro atoms. The molecule has 0 heterocycles. The highest BCUT2D eigenvalue weighted by Gasteiger charge is 2.18. The van der Waals surface area contributed by atoms with Gasteiger partial charge >= 0.3 is 0 Å². The maximum Gasteiger partial charge on any atom is 0.186 e. The van der Waals surface area contributed by atoms with Crippen LogP contribution in [0.1, 0.15) is 5.56 Å². The summed E-state index contributed by atoms with van der Waals surface area (Å²) in [6.45, 7) is 0. The van der Waals surface area contributed by atoms with Crippen molar-refractivity contribution in [1.82, 2.24) is 0 Å². The summed E-state index contributed by atoms with van der Waals surface area (Å²) in [6.07, 6.45) is 3.60. The molecule has 0 unspecified atom stereocenters. The second-order valence-electron chi connectivity index (χ2n) is 4.52. The van der Waals surface area contributed by atoms with E-state index in [1.165, 1.54) is 48.6 Å². The zero-order chi connectivity index (χ0) is 14.3. The van der Waals surface area contributed by atoms with Gasteiger partial charge in [-0.2, -0.15) is 0 Å². The van der Waals surface area contributed by atoms with Crippen LogP contribution in [0.2, 0.25) is 0 Å². The van der Waals surface area contributed by atoms with Gasteiger partial charge in [0.1, 0.15) is 11.6 Å². The molecule has 0 saturated heterocycles. The Morgan fingerprint density at radius 2 is 1.80 bits per heavy atom. The number of allylic oxidation sites excluding steroid dienone is 4. The molecule has 0 bridgehead atoms. The predicted octanol–water partition coefficient (Wildman–Crippen LogP) is 2.78. The summed E-state index contributed by atoms with van der Waals surface area (Å²) >= 11 is 0. The molecule has 20 heavy (non-hydrogen) atoms. The van der Waals surface area contributed by atoms with E-state index in [0.29, 0.717) is 16.3 Å². The highest BCUT2D eigenvalue weighted by atomic mass is 19.1. The van der Waals surface area contributed by atoms with Crippen LogP contribution in [0.25, 0.3) is 16.3 Å². The average molecular weight is 268 g/mol. The molecular formula is C16H9FO3. The number of hydrogen-bond acceptors (Lipinski definition) is 3. The number of rotatable bonds is 1. The van der Waals surface area contributed by atoms with Gasteiger partial charge in [0, 0.05) is 5.57 Å². The van der Waals surface area contributed by atoms with Crippen molar-refractivity contribution in [2.24, 2.45) is 0 Å². The lowest BCUT2D eigenvalue weighted by molar-refractivity contribution is -0.113. The Kier molecular flexibility index (Phi) is 2.71. The molecule has 0 radical (unpaired) electrons. The van der Waals surface area contributed by atoms with Gasteiger partial charge in [0.05, 0.1) is 0 Å². The Morgan fingerprint density at radius 1 is 1.00 bits per heavy atom. The molecule has 0 fully saturated rings. The first-order valence-corrected chi connectivity index (χ1v) is 5.95. The zero-order valence-corrected chi connectivity index (χ0v) is 10.3. The zero-order valence-electron chi connectivity index (χ0n) is 10.3. The number of hydrogen-bond donors (Lipinski definition) is 1. The highest BCUT2D eigenvalue weighted by molar-refractivity contribution is 6.35. The van der Waals surface area contributed by atoms with Crippen LogP contribution in [0.3, 0.4) is 0 Å². The van der Waals surface area contributed by atoms with E-state index in [1.54, 1.807) is 0 Å². The largest absolute Gasteiger partial charge is 0.508 e. The Hall–Kier alpha value is -2.75. The van der Waals surface area contributed by atoms with Crippen molar-refractivity contribution < 1.29 is 19.1 Å². The fourth-order valence-electron chi connectivity index (χ4n) is 2.27. The topological polar surface area (TPSA) is 54.4 Å². The van der Waals surface area contributed by atoms with E-state index in [-0.39, 0.29) is 22.9 Å². The van der Waals surface area contributed by atoms with Crippen LogP contribution < -0.4 is 0 Å². The van der Waals surface area contributed by atoms with Crippen LogP contribution in [0.5, 0.6) is 5.75 Å². The van der Waals surface area contributed by atoms with Crippen LogP contribution >= 0.6 is 0 Å². The molecule has 2 aromatic carbocycles. The summed E-state index contributed by atoms with van der Waals surface area (Å²) in [5.74, 6) is -1.14. The summed E-state index contributed by atoms with van der Waals surface area (Å²) in [6, 6.07) is 6.87. The third-order valence-electron chi connectivity index (χ3n) is 3.14. The van der Waals surface area contributed by atoms with Gasteiger partial charge in [-0.25, -0.2) is 4.39 Å². The Labute approximate surface area is 113 Å². The molecule has 2 aromatic rings. The normalized spacial score (nSPS) is 14.8. The standard InChI is InChI=1S/C16H9FO3/c17-10-1-3-13-9(5-10)6-12(19)8-14(13)15-7-11(18)2-4-16(15)20/h1-8,19H. The van der Waals surface area contributed by atoms with Crippen molar-refractivity contribution in [3.63, 3.8) is 0 Å². The van der Waals surface area contributed by atoms with E-state index in [1.807, 2.05) is 0 Å². The van der Waals surface area contributed by atoms with E-state index in [0.717, 1.165) is 0 Å². The molecule has 1 aliphatic carbocycles. The number of aromatic hydroxyl groups is 1. The molecule has 3 nitrogen and oxygen atoms in total. The van der Waals surface area contributed by atoms with Crippen molar-refractivity contribution in [2.45, 2.75) is 0 Å². The van der Waals surface area contributed by atoms with Gasteiger partial charge in [0.2, 0.25) is 0 Å². The fourth-order valence-corrected chi connectivity index (χ4v) is 2.27. The van der Waals surface area contributed by atoms with Crippen molar-refractivity contribution >= 4 is 27.9 Å². The van der Waals surface area contributed by atoms with Gasteiger partial charge in [-0.05, 0) is 58.8 Å². The Bertz CT molecular complexity index is 811. The SMILES string of the molecule is O=C1C=CC(=O)C(c2cc(O)cc3cc(F)ccc23)=C1. The first kappa shape index (κ1) is 12.3. The van der Waals surface area contributed by atoms with Crippen LogP contribution in [0.15, 0.2) is 48.6 Å². The first-order valence-electron chi connectivity index (χ1n) is 5.95. The summed E-state index contributed by atoms with van der Waals surface area (Å²) in [5.41, 5.74) is 0.618. The predicted molar refractivity (Wildman–Crippen MR) is 72.7 cm³/mol. The molecule has 1 N–H and O–H groups in total. The number of carbonyl (C=O) groups excluding carboxylic acids is 2. The van der Waals surface area contributed by atoms with Gasteiger partial charge in [0.15, 0.2) is 11.6 Å². The van der Waals surface area contributed by atoms with Gasteiger partial charge in [-0.1, -0.05) is 6.07 Å². The number of benzene rings is 2. The molecule has 0 aliphatic heterocycles. The number of phenols is 1. The number of ketones is 2. The van der Waals surface area contributed by atoms with Crippen molar-refractivity contribution in [2.75, 3.05) is 0 Å². The van der Waals surface area contributed by atoms with Crippen molar-refractivity contribution in [3.05, 3.63) is 59.9 Å². The summed E-state index contributed by atoms with van der Waals surface area (Å²) in [7, 11) is 0. The first-order chi connectivity index (χ1) is 9.54. The molecule has 0 amide bonds. The van der Waals surface area contributed by atoms with E-state index < -0.39 is 5.82 Å². The lowest BCUT2D eigenvalue weighted by Crippen LogP contribution is -2.07. The van der Waals surface area contributed by atoms with Crippen LogP contribution in [0, 0.1) is 5.82 Å². The molecule has 0 atom stereocenters. The maximum absolute atomic E-state index is 13.3. The molecule has 0 aromatic heterocycles. The number of fused-ring (bicyclic) bond motifs is 1. The molecule has 4 heteroatoms. The van der Waals surface area contributed by atoms with Crippen LogP contribution in [-0.4, -0.2) is 16.7 Å². The monoisotopic (exact) mass is 268 g/mol. The highest BCUT2D eigenvalue weighted by Crippen LogP contribution is 2.31. The summed E-state index contributed by atoms with van der Waals surface area (Å²) in [5, 5.41) is 10.8. The second kappa shape index (κ2) is 4.42. The molecular weight excluding hydrogens is 259 g/mol. The van der Waals surface area contributed by atoms with Crippen molar-refractivity contribution in [3.8, 4) is 5.75 Å². The van der Waals surface area contributed by atoms with Crippen LogP contribution in [-0.2, 0) is 9.59 Å². The lowest BCUT2D eigenvalue weighted by atomic mass is 9.92. The smallest absolute Gasteiger partial charge is 0.186 e. The number of phenolic OH excluding ortho intramolecular Hbond substituents is 1. The fraction of sp³-hybridized carbons (Fsp3) is 0.